The predicted octanol–water partition coefficient (Wildman–Crippen LogP) is 3.00. The fourth-order valence-corrected chi connectivity index (χ4v) is 2.20. The van der Waals surface area contributed by atoms with Crippen LogP contribution in [0.4, 0.5) is 0 Å². The first-order valence-electron chi connectivity index (χ1n) is 7.47. The van der Waals surface area contributed by atoms with E-state index in [0.29, 0.717) is 19.0 Å². The maximum atomic E-state index is 6.17. The summed E-state index contributed by atoms with van der Waals surface area (Å²) in [4.78, 5) is 8.66. The van der Waals surface area contributed by atoms with Gasteiger partial charge in [-0.25, -0.2) is 9.98 Å². The quantitative estimate of drug-likeness (QED) is 0.630. The largest absolute Gasteiger partial charge is 0.481 e. The smallest absolute Gasteiger partial charge is 0.213 e. The van der Waals surface area contributed by atoms with E-state index in [4.69, 9.17) is 16.3 Å². The predicted molar refractivity (Wildman–Crippen MR) is 93.9 cm³/mol. The van der Waals surface area contributed by atoms with Crippen molar-refractivity contribution in [3.8, 4) is 5.88 Å². The molecule has 1 heterocycles. The molecule has 0 saturated heterocycles. The first-order valence-corrected chi connectivity index (χ1v) is 7.85. The van der Waals surface area contributed by atoms with Crippen LogP contribution in [0.25, 0.3) is 0 Å². The molecule has 0 aliphatic carbocycles. The van der Waals surface area contributed by atoms with Crippen molar-refractivity contribution in [3.63, 3.8) is 0 Å². The van der Waals surface area contributed by atoms with Gasteiger partial charge in [-0.1, -0.05) is 29.8 Å². The molecule has 0 amide bonds. The molecule has 2 aromatic rings. The Hall–Kier alpha value is -2.27. The van der Waals surface area contributed by atoms with Gasteiger partial charge in [-0.05, 0) is 30.2 Å². The lowest BCUT2D eigenvalue weighted by Gasteiger charge is -2.12. The average molecular weight is 333 g/mol. The molecule has 0 aliphatic heterocycles. The van der Waals surface area contributed by atoms with Crippen molar-refractivity contribution >= 4 is 17.6 Å². The lowest BCUT2D eigenvalue weighted by Crippen LogP contribution is -2.36. The van der Waals surface area contributed by atoms with Crippen molar-refractivity contribution in [3.05, 3.63) is 58.7 Å². The first-order chi connectivity index (χ1) is 11.2. The molecule has 2 rings (SSSR count). The van der Waals surface area contributed by atoms with E-state index >= 15 is 0 Å². The molecule has 6 heteroatoms. The van der Waals surface area contributed by atoms with Crippen LogP contribution in [-0.4, -0.2) is 24.6 Å². The van der Waals surface area contributed by atoms with Crippen molar-refractivity contribution in [1.29, 1.82) is 0 Å². The molecule has 23 heavy (non-hydrogen) atoms. The Balaban J connectivity index is 2.00. The number of benzene rings is 1. The summed E-state index contributed by atoms with van der Waals surface area (Å²) in [5, 5.41) is 7.25. The molecule has 0 bridgehead atoms. The van der Waals surface area contributed by atoms with Gasteiger partial charge in [0.15, 0.2) is 5.96 Å². The Kier molecular flexibility index (Phi) is 6.69. The number of rotatable bonds is 6. The monoisotopic (exact) mass is 332 g/mol. The fraction of sp³-hybridized carbons (Fsp3) is 0.294. The lowest BCUT2D eigenvalue weighted by atomic mass is 10.2. The summed E-state index contributed by atoms with van der Waals surface area (Å²) in [5.74, 6) is 1.33. The van der Waals surface area contributed by atoms with E-state index in [2.05, 4.69) is 20.6 Å². The maximum Gasteiger partial charge on any atom is 0.213 e. The number of halogens is 1. The molecule has 1 aromatic carbocycles. The van der Waals surface area contributed by atoms with E-state index < -0.39 is 0 Å². The summed E-state index contributed by atoms with van der Waals surface area (Å²) in [7, 11) is 1.60. The van der Waals surface area contributed by atoms with Gasteiger partial charge in [-0.3, -0.25) is 0 Å². The molecule has 5 nitrogen and oxygen atoms in total. The Labute approximate surface area is 141 Å². The molecule has 122 valence electrons. The van der Waals surface area contributed by atoms with Gasteiger partial charge in [0.05, 0.1) is 13.7 Å². The Morgan fingerprint density at radius 3 is 2.83 bits per heavy atom. The minimum atomic E-state index is 0.538. The van der Waals surface area contributed by atoms with Crippen LogP contribution in [0, 0.1) is 0 Å². The van der Waals surface area contributed by atoms with Crippen LogP contribution >= 0.6 is 11.6 Å². The van der Waals surface area contributed by atoms with Gasteiger partial charge in [0.1, 0.15) is 0 Å². The molecular formula is C17H21ClN4O. The third-order valence-electron chi connectivity index (χ3n) is 3.18. The highest BCUT2D eigenvalue weighted by atomic mass is 35.5. The number of nitrogens with zero attached hydrogens (tertiary/aromatic N) is 2. The van der Waals surface area contributed by atoms with Gasteiger partial charge in [0.2, 0.25) is 5.88 Å². The highest BCUT2D eigenvalue weighted by Gasteiger charge is 2.02. The van der Waals surface area contributed by atoms with Gasteiger partial charge in [-0.2, -0.15) is 0 Å². The second kappa shape index (κ2) is 9.00. The average Bonchev–Trinajstić information content (AvgIpc) is 2.59. The van der Waals surface area contributed by atoms with Crippen LogP contribution < -0.4 is 15.4 Å². The van der Waals surface area contributed by atoms with Crippen molar-refractivity contribution in [1.82, 2.24) is 15.6 Å². The molecule has 0 radical (unpaired) electrons. The molecule has 0 saturated carbocycles. The molecule has 0 fully saturated rings. The molecule has 0 spiro atoms. The molecule has 0 unspecified atom stereocenters. The number of pyridine rings is 1. The zero-order chi connectivity index (χ0) is 16.5. The molecule has 2 N–H and O–H groups in total. The van der Waals surface area contributed by atoms with Crippen LogP contribution in [-0.2, 0) is 13.1 Å². The van der Waals surface area contributed by atoms with E-state index in [1.807, 2.05) is 43.3 Å². The Morgan fingerprint density at radius 2 is 2.09 bits per heavy atom. The van der Waals surface area contributed by atoms with Gasteiger partial charge in [-0.15, -0.1) is 0 Å². The highest BCUT2D eigenvalue weighted by Crippen LogP contribution is 2.14. The van der Waals surface area contributed by atoms with Gasteiger partial charge in [0, 0.05) is 30.4 Å². The number of hydrogen-bond acceptors (Lipinski definition) is 3. The van der Waals surface area contributed by atoms with E-state index in [1.165, 1.54) is 0 Å². The minimum Gasteiger partial charge on any atom is -0.481 e. The van der Waals surface area contributed by atoms with Crippen molar-refractivity contribution in [2.75, 3.05) is 13.7 Å². The number of aliphatic imine (C=N–C) groups is 1. The maximum absolute atomic E-state index is 6.17. The number of guanidine groups is 1. The van der Waals surface area contributed by atoms with Crippen LogP contribution in [0.3, 0.4) is 0 Å². The summed E-state index contributed by atoms with van der Waals surface area (Å²) >= 11 is 6.17. The van der Waals surface area contributed by atoms with Crippen LogP contribution in [0.15, 0.2) is 47.6 Å². The van der Waals surface area contributed by atoms with Crippen LogP contribution in [0.1, 0.15) is 18.1 Å². The molecule has 0 aliphatic rings. The molecule has 0 atom stereocenters. The van der Waals surface area contributed by atoms with E-state index in [1.54, 1.807) is 13.3 Å². The Morgan fingerprint density at radius 1 is 1.26 bits per heavy atom. The topological polar surface area (TPSA) is 58.5 Å². The number of ether oxygens (including phenoxy) is 1. The number of methoxy groups -OCH3 is 1. The SMILES string of the molecule is CCNC(=NCc1ccnc(OC)c1)NCc1ccccc1Cl. The number of aromatic nitrogens is 1. The molecule has 1 aromatic heterocycles. The van der Waals surface area contributed by atoms with Crippen molar-refractivity contribution < 1.29 is 4.74 Å². The standard InChI is InChI=1S/C17H21ClN4O/c1-3-19-17(22-12-14-6-4-5-7-15(14)18)21-11-13-8-9-20-16(10-13)23-2/h4-10H,3,11-12H2,1-2H3,(H2,19,21,22). The number of hydrogen-bond donors (Lipinski definition) is 2. The summed E-state index contributed by atoms with van der Waals surface area (Å²) in [6.45, 7) is 3.97. The third kappa shape index (κ3) is 5.45. The fourth-order valence-electron chi connectivity index (χ4n) is 1.99. The first kappa shape index (κ1) is 17.1. The summed E-state index contributed by atoms with van der Waals surface area (Å²) < 4.78 is 5.12. The summed E-state index contributed by atoms with van der Waals surface area (Å²) in [6, 6.07) is 11.6. The Bertz CT molecular complexity index is 661. The number of nitrogens with one attached hydrogen (secondary N) is 2. The third-order valence-corrected chi connectivity index (χ3v) is 3.55. The summed E-state index contributed by atoms with van der Waals surface area (Å²) in [5.41, 5.74) is 2.07. The normalized spacial score (nSPS) is 11.2. The summed E-state index contributed by atoms with van der Waals surface area (Å²) in [6.07, 6.45) is 1.72. The van der Waals surface area contributed by atoms with Crippen molar-refractivity contribution in [2.24, 2.45) is 4.99 Å². The zero-order valence-electron chi connectivity index (χ0n) is 13.3. The van der Waals surface area contributed by atoms with E-state index in [9.17, 15) is 0 Å². The van der Waals surface area contributed by atoms with Crippen LogP contribution in [0.5, 0.6) is 5.88 Å². The van der Waals surface area contributed by atoms with Crippen LogP contribution in [0.2, 0.25) is 5.02 Å². The second-order valence-corrected chi connectivity index (χ2v) is 5.25. The minimum absolute atomic E-state index is 0.538. The molecular weight excluding hydrogens is 312 g/mol. The van der Waals surface area contributed by atoms with E-state index in [0.717, 1.165) is 28.7 Å². The lowest BCUT2D eigenvalue weighted by molar-refractivity contribution is 0.397. The zero-order valence-corrected chi connectivity index (χ0v) is 14.1. The van der Waals surface area contributed by atoms with Gasteiger partial charge >= 0.3 is 0 Å². The van der Waals surface area contributed by atoms with E-state index in [-0.39, 0.29) is 0 Å². The van der Waals surface area contributed by atoms with Gasteiger partial charge < -0.3 is 15.4 Å². The highest BCUT2D eigenvalue weighted by molar-refractivity contribution is 6.31. The van der Waals surface area contributed by atoms with Gasteiger partial charge in [0.25, 0.3) is 0 Å². The second-order valence-electron chi connectivity index (χ2n) is 4.85. The van der Waals surface area contributed by atoms with Crippen molar-refractivity contribution in [2.45, 2.75) is 20.0 Å².